The molecule has 0 radical (unpaired) electrons. The number of likely N-dealkylation sites (N-methyl/N-ethyl adjacent to an activating group) is 1. The molecule has 0 aromatic carbocycles. The molecule has 0 spiro atoms. The first kappa shape index (κ1) is 14.2. The van der Waals surface area contributed by atoms with Gasteiger partial charge in [-0.05, 0) is 32.9 Å². The fraction of sp³-hybridized carbons (Fsp3) is 0.769. The maximum absolute atomic E-state index is 5.40. The summed E-state index contributed by atoms with van der Waals surface area (Å²) in [5.41, 5.74) is 2.46. The van der Waals surface area contributed by atoms with Gasteiger partial charge in [0.1, 0.15) is 0 Å². The average molecular weight is 239 g/mol. The first-order valence-electron chi connectivity index (χ1n) is 6.48. The Morgan fingerprint density at radius 1 is 1.47 bits per heavy atom. The minimum absolute atomic E-state index is 0.460. The topological polar surface area (TPSA) is 39.1 Å². The number of rotatable bonds is 8. The van der Waals surface area contributed by atoms with Crippen molar-refractivity contribution in [2.24, 2.45) is 7.05 Å². The van der Waals surface area contributed by atoms with Gasteiger partial charge in [-0.15, -0.1) is 0 Å². The van der Waals surface area contributed by atoms with Gasteiger partial charge in [-0.2, -0.15) is 5.10 Å². The zero-order valence-corrected chi connectivity index (χ0v) is 11.5. The van der Waals surface area contributed by atoms with E-state index in [-0.39, 0.29) is 0 Å². The minimum Gasteiger partial charge on any atom is -0.382 e. The lowest BCUT2D eigenvalue weighted by atomic mass is 10.1. The largest absolute Gasteiger partial charge is 0.382 e. The smallest absolute Gasteiger partial charge is 0.0624 e. The minimum atomic E-state index is 0.460. The van der Waals surface area contributed by atoms with E-state index in [4.69, 9.17) is 4.74 Å². The molecule has 0 fully saturated rings. The molecule has 1 unspecified atom stereocenters. The van der Waals surface area contributed by atoms with E-state index in [0.29, 0.717) is 6.04 Å². The summed E-state index contributed by atoms with van der Waals surface area (Å²) in [6.45, 7) is 5.78. The molecule has 1 N–H and O–H groups in total. The molecule has 98 valence electrons. The average Bonchev–Trinajstić information content (AvgIpc) is 2.69. The van der Waals surface area contributed by atoms with Crippen molar-refractivity contribution >= 4 is 0 Å². The van der Waals surface area contributed by atoms with E-state index in [1.54, 1.807) is 0 Å². The number of aryl methyl sites for hydroxylation is 2. The number of ether oxygens (including phenoxy) is 1. The van der Waals surface area contributed by atoms with Gasteiger partial charge >= 0.3 is 0 Å². The molecule has 4 heteroatoms. The molecule has 0 saturated heterocycles. The summed E-state index contributed by atoms with van der Waals surface area (Å²) >= 11 is 0. The van der Waals surface area contributed by atoms with Crippen LogP contribution in [0.15, 0.2) is 6.07 Å². The number of hydrogen-bond donors (Lipinski definition) is 1. The third-order valence-electron chi connectivity index (χ3n) is 3.07. The Labute approximate surface area is 104 Å². The van der Waals surface area contributed by atoms with Crippen LogP contribution in [0.5, 0.6) is 0 Å². The molecule has 1 aromatic heterocycles. The maximum Gasteiger partial charge on any atom is 0.0624 e. The van der Waals surface area contributed by atoms with Crippen LogP contribution in [-0.4, -0.2) is 36.1 Å². The van der Waals surface area contributed by atoms with Crippen molar-refractivity contribution in [3.8, 4) is 0 Å². The third kappa shape index (κ3) is 4.48. The van der Waals surface area contributed by atoms with Crippen LogP contribution in [0.4, 0.5) is 0 Å². The highest BCUT2D eigenvalue weighted by Crippen LogP contribution is 2.08. The fourth-order valence-corrected chi connectivity index (χ4v) is 1.91. The van der Waals surface area contributed by atoms with Gasteiger partial charge in [-0.1, -0.05) is 6.92 Å². The van der Waals surface area contributed by atoms with Gasteiger partial charge < -0.3 is 10.1 Å². The summed E-state index contributed by atoms with van der Waals surface area (Å²) in [5, 5.41) is 7.81. The highest BCUT2D eigenvalue weighted by molar-refractivity contribution is 5.11. The first-order valence-corrected chi connectivity index (χ1v) is 6.48. The van der Waals surface area contributed by atoms with Crippen molar-refractivity contribution in [2.75, 3.05) is 20.3 Å². The first-order chi connectivity index (χ1) is 8.21. The van der Waals surface area contributed by atoms with Crippen LogP contribution < -0.4 is 5.32 Å². The number of nitrogens with one attached hydrogen (secondary N) is 1. The van der Waals surface area contributed by atoms with Crippen molar-refractivity contribution in [3.05, 3.63) is 17.5 Å². The highest BCUT2D eigenvalue weighted by atomic mass is 16.5. The van der Waals surface area contributed by atoms with Crippen LogP contribution in [0.3, 0.4) is 0 Å². The van der Waals surface area contributed by atoms with Gasteiger partial charge in [-0.3, -0.25) is 4.68 Å². The van der Waals surface area contributed by atoms with Crippen molar-refractivity contribution < 1.29 is 4.74 Å². The maximum atomic E-state index is 5.40. The molecule has 1 atom stereocenters. The second-order valence-electron chi connectivity index (χ2n) is 4.28. The SMILES string of the molecule is CCOCCC(Cc1cc(CC)nn1C)NC. The second-order valence-corrected chi connectivity index (χ2v) is 4.28. The Balaban J connectivity index is 2.51. The molecule has 0 aliphatic rings. The van der Waals surface area contributed by atoms with E-state index in [1.165, 1.54) is 11.4 Å². The van der Waals surface area contributed by atoms with Gasteiger partial charge in [0.15, 0.2) is 0 Å². The van der Waals surface area contributed by atoms with Gasteiger partial charge in [0, 0.05) is 38.4 Å². The summed E-state index contributed by atoms with van der Waals surface area (Å²) in [6, 6.07) is 2.66. The van der Waals surface area contributed by atoms with Crippen LogP contribution in [0.25, 0.3) is 0 Å². The normalized spacial score (nSPS) is 12.9. The highest BCUT2D eigenvalue weighted by Gasteiger charge is 2.11. The number of aromatic nitrogens is 2. The Morgan fingerprint density at radius 2 is 2.24 bits per heavy atom. The molecule has 0 bridgehead atoms. The van der Waals surface area contributed by atoms with Crippen LogP contribution >= 0.6 is 0 Å². The predicted molar refractivity (Wildman–Crippen MR) is 70.2 cm³/mol. The molecule has 17 heavy (non-hydrogen) atoms. The van der Waals surface area contributed by atoms with Crippen LogP contribution in [0.2, 0.25) is 0 Å². The molecule has 1 rings (SSSR count). The van der Waals surface area contributed by atoms with Gasteiger partial charge in [0.25, 0.3) is 0 Å². The van der Waals surface area contributed by atoms with E-state index in [2.05, 4.69) is 23.4 Å². The van der Waals surface area contributed by atoms with Gasteiger partial charge in [-0.25, -0.2) is 0 Å². The number of hydrogen-bond acceptors (Lipinski definition) is 3. The van der Waals surface area contributed by atoms with E-state index < -0.39 is 0 Å². The van der Waals surface area contributed by atoms with E-state index in [0.717, 1.165) is 32.5 Å². The summed E-state index contributed by atoms with van der Waals surface area (Å²) in [6.07, 6.45) is 3.04. The van der Waals surface area contributed by atoms with E-state index in [9.17, 15) is 0 Å². The summed E-state index contributed by atoms with van der Waals surface area (Å²) < 4.78 is 7.39. The Morgan fingerprint density at radius 3 is 2.76 bits per heavy atom. The molecule has 0 aliphatic heterocycles. The predicted octanol–water partition coefficient (Wildman–Crippen LogP) is 1.54. The Hall–Kier alpha value is -0.870. The summed E-state index contributed by atoms with van der Waals surface area (Å²) in [5.74, 6) is 0. The monoisotopic (exact) mass is 239 g/mol. The molecular weight excluding hydrogens is 214 g/mol. The fourth-order valence-electron chi connectivity index (χ4n) is 1.91. The lowest BCUT2D eigenvalue weighted by Gasteiger charge is -2.15. The van der Waals surface area contributed by atoms with Crippen molar-refractivity contribution in [1.29, 1.82) is 0 Å². The third-order valence-corrected chi connectivity index (χ3v) is 3.07. The number of nitrogens with zero attached hydrogens (tertiary/aromatic N) is 2. The zero-order valence-electron chi connectivity index (χ0n) is 11.5. The molecule has 0 saturated carbocycles. The zero-order chi connectivity index (χ0) is 12.7. The lowest BCUT2D eigenvalue weighted by Crippen LogP contribution is -2.29. The second kappa shape index (κ2) is 7.45. The quantitative estimate of drug-likeness (QED) is 0.699. The Bertz CT molecular complexity index is 322. The molecule has 4 nitrogen and oxygen atoms in total. The lowest BCUT2D eigenvalue weighted by molar-refractivity contribution is 0.137. The van der Waals surface area contributed by atoms with Crippen molar-refractivity contribution in [3.63, 3.8) is 0 Å². The van der Waals surface area contributed by atoms with Gasteiger partial charge in [0.2, 0.25) is 0 Å². The summed E-state index contributed by atoms with van der Waals surface area (Å²) in [7, 11) is 4.03. The molecular formula is C13H25N3O. The van der Waals surface area contributed by atoms with Crippen LogP contribution in [0, 0.1) is 0 Å². The van der Waals surface area contributed by atoms with Crippen LogP contribution in [0.1, 0.15) is 31.7 Å². The van der Waals surface area contributed by atoms with E-state index in [1.807, 2.05) is 25.7 Å². The molecule has 1 heterocycles. The molecule has 0 aliphatic carbocycles. The van der Waals surface area contributed by atoms with E-state index >= 15 is 0 Å². The summed E-state index contributed by atoms with van der Waals surface area (Å²) in [4.78, 5) is 0. The molecule has 0 amide bonds. The Kier molecular flexibility index (Phi) is 6.22. The van der Waals surface area contributed by atoms with Crippen molar-refractivity contribution in [2.45, 2.75) is 39.2 Å². The van der Waals surface area contributed by atoms with Crippen LogP contribution in [-0.2, 0) is 24.6 Å². The van der Waals surface area contributed by atoms with Crippen molar-refractivity contribution in [1.82, 2.24) is 15.1 Å². The van der Waals surface area contributed by atoms with Gasteiger partial charge in [0.05, 0.1) is 5.69 Å². The standard InChI is InChI=1S/C13H25N3O/c1-5-11-9-13(16(4)15-11)10-12(14-3)7-8-17-6-2/h9,12,14H,5-8,10H2,1-4H3. The molecule has 1 aromatic rings.